The monoisotopic (exact) mass is 264 g/mol. The molecule has 0 aliphatic carbocycles. The van der Waals surface area contributed by atoms with Crippen molar-refractivity contribution in [1.29, 1.82) is 0 Å². The highest BCUT2D eigenvalue weighted by Gasteiger charge is 2.27. The van der Waals surface area contributed by atoms with Crippen LogP contribution in [0.25, 0.3) is 0 Å². The molecule has 2 heterocycles. The molecule has 0 saturated carbocycles. The Balaban J connectivity index is 2.08. The molecule has 104 valence electrons. The number of piperidine rings is 1. The first-order chi connectivity index (χ1) is 9.00. The van der Waals surface area contributed by atoms with E-state index in [0.717, 1.165) is 31.5 Å². The van der Waals surface area contributed by atoms with Gasteiger partial charge in [-0.3, -0.25) is 10.1 Å². The number of aryl methyl sites for hydroxylation is 1. The summed E-state index contributed by atoms with van der Waals surface area (Å²) in [6, 6.07) is 1.56. The molecule has 0 radical (unpaired) electrons. The zero-order valence-corrected chi connectivity index (χ0v) is 11.4. The molecular formula is C13H20N4O2. The number of pyridine rings is 1. The SMILES string of the molecule is Cc1cnc(NCC2(C)CCNCC2)c([N+](=O)[O-])c1. The van der Waals surface area contributed by atoms with Gasteiger partial charge in [0.15, 0.2) is 0 Å². The summed E-state index contributed by atoms with van der Waals surface area (Å²) in [6.07, 6.45) is 3.79. The van der Waals surface area contributed by atoms with E-state index in [0.29, 0.717) is 12.4 Å². The summed E-state index contributed by atoms with van der Waals surface area (Å²) >= 11 is 0. The van der Waals surface area contributed by atoms with Gasteiger partial charge in [-0.05, 0) is 43.8 Å². The highest BCUT2D eigenvalue weighted by atomic mass is 16.6. The fourth-order valence-electron chi connectivity index (χ4n) is 2.33. The minimum atomic E-state index is -0.382. The zero-order chi connectivity index (χ0) is 13.9. The number of nitrogens with one attached hydrogen (secondary N) is 2. The summed E-state index contributed by atoms with van der Waals surface area (Å²) in [5.41, 5.74) is 1.02. The van der Waals surface area contributed by atoms with Crippen molar-refractivity contribution in [2.24, 2.45) is 5.41 Å². The van der Waals surface area contributed by atoms with Crippen molar-refractivity contribution in [2.75, 3.05) is 25.0 Å². The molecular weight excluding hydrogens is 244 g/mol. The van der Waals surface area contributed by atoms with Crippen molar-refractivity contribution >= 4 is 11.5 Å². The number of nitrogens with zero attached hydrogens (tertiary/aromatic N) is 2. The van der Waals surface area contributed by atoms with E-state index in [1.165, 1.54) is 0 Å². The largest absolute Gasteiger partial charge is 0.364 e. The minimum Gasteiger partial charge on any atom is -0.364 e. The van der Waals surface area contributed by atoms with Crippen molar-refractivity contribution in [1.82, 2.24) is 10.3 Å². The molecule has 0 spiro atoms. The predicted molar refractivity (Wildman–Crippen MR) is 74.3 cm³/mol. The Morgan fingerprint density at radius 1 is 1.53 bits per heavy atom. The van der Waals surface area contributed by atoms with Crippen LogP contribution in [0.15, 0.2) is 12.3 Å². The van der Waals surface area contributed by atoms with Gasteiger partial charge in [-0.1, -0.05) is 6.92 Å². The van der Waals surface area contributed by atoms with Gasteiger partial charge in [0, 0.05) is 18.8 Å². The van der Waals surface area contributed by atoms with E-state index in [-0.39, 0.29) is 16.0 Å². The lowest BCUT2D eigenvalue weighted by molar-refractivity contribution is -0.384. The summed E-state index contributed by atoms with van der Waals surface area (Å²) in [7, 11) is 0. The molecule has 1 saturated heterocycles. The third kappa shape index (κ3) is 3.41. The lowest BCUT2D eigenvalue weighted by Gasteiger charge is -2.34. The number of aromatic nitrogens is 1. The van der Waals surface area contributed by atoms with E-state index in [9.17, 15) is 10.1 Å². The molecule has 19 heavy (non-hydrogen) atoms. The van der Waals surface area contributed by atoms with Crippen LogP contribution in [0, 0.1) is 22.5 Å². The van der Waals surface area contributed by atoms with Crippen molar-refractivity contribution < 1.29 is 4.92 Å². The van der Waals surface area contributed by atoms with E-state index >= 15 is 0 Å². The van der Waals surface area contributed by atoms with Crippen LogP contribution in [0.5, 0.6) is 0 Å². The summed E-state index contributed by atoms with van der Waals surface area (Å²) in [4.78, 5) is 14.8. The van der Waals surface area contributed by atoms with E-state index in [4.69, 9.17) is 0 Å². The van der Waals surface area contributed by atoms with Gasteiger partial charge in [-0.2, -0.15) is 0 Å². The first kappa shape index (κ1) is 13.7. The van der Waals surface area contributed by atoms with Crippen LogP contribution in [0.2, 0.25) is 0 Å². The number of rotatable bonds is 4. The Bertz CT molecular complexity index is 470. The Kier molecular flexibility index (Phi) is 3.99. The normalized spacial score (nSPS) is 18.0. The molecule has 1 aromatic heterocycles. The van der Waals surface area contributed by atoms with Crippen LogP contribution >= 0.6 is 0 Å². The second kappa shape index (κ2) is 5.52. The quantitative estimate of drug-likeness (QED) is 0.643. The van der Waals surface area contributed by atoms with Crippen molar-refractivity contribution in [3.63, 3.8) is 0 Å². The fraction of sp³-hybridized carbons (Fsp3) is 0.615. The van der Waals surface area contributed by atoms with Gasteiger partial charge in [0.1, 0.15) is 0 Å². The zero-order valence-electron chi connectivity index (χ0n) is 11.4. The van der Waals surface area contributed by atoms with Crippen LogP contribution in [0.4, 0.5) is 11.5 Å². The molecule has 2 N–H and O–H groups in total. The maximum Gasteiger partial charge on any atom is 0.311 e. The highest BCUT2D eigenvalue weighted by molar-refractivity contribution is 5.56. The van der Waals surface area contributed by atoms with Gasteiger partial charge in [-0.25, -0.2) is 4.98 Å². The Morgan fingerprint density at radius 3 is 2.84 bits per heavy atom. The molecule has 1 aliphatic rings. The van der Waals surface area contributed by atoms with Gasteiger partial charge < -0.3 is 10.6 Å². The number of hydrogen-bond acceptors (Lipinski definition) is 5. The summed E-state index contributed by atoms with van der Waals surface area (Å²) in [5.74, 6) is 0.371. The molecule has 1 aliphatic heterocycles. The van der Waals surface area contributed by atoms with E-state index in [2.05, 4.69) is 22.5 Å². The topological polar surface area (TPSA) is 80.1 Å². The van der Waals surface area contributed by atoms with Gasteiger partial charge in [0.25, 0.3) is 0 Å². The maximum atomic E-state index is 11.0. The van der Waals surface area contributed by atoms with Crippen LogP contribution in [-0.2, 0) is 0 Å². The lowest BCUT2D eigenvalue weighted by atomic mass is 9.81. The van der Waals surface area contributed by atoms with Crippen LogP contribution in [0.1, 0.15) is 25.3 Å². The molecule has 0 atom stereocenters. The van der Waals surface area contributed by atoms with E-state index < -0.39 is 0 Å². The molecule has 0 aromatic carbocycles. The number of anilines is 1. The van der Waals surface area contributed by atoms with E-state index in [1.807, 2.05) is 0 Å². The van der Waals surface area contributed by atoms with Gasteiger partial charge in [0.05, 0.1) is 4.92 Å². The molecule has 6 nitrogen and oxygen atoms in total. The molecule has 0 bridgehead atoms. The smallest absolute Gasteiger partial charge is 0.311 e. The van der Waals surface area contributed by atoms with Crippen molar-refractivity contribution in [2.45, 2.75) is 26.7 Å². The number of nitro groups is 1. The first-order valence-corrected chi connectivity index (χ1v) is 6.56. The average molecular weight is 264 g/mol. The molecule has 0 amide bonds. The third-order valence-electron chi connectivity index (χ3n) is 3.69. The van der Waals surface area contributed by atoms with Crippen LogP contribution < -0.4 is 10.6 Å². The highest BCUT2D eigenvalue weighted by Crippen LogP contribution is 2.30. The summed E-state index contributed by atoms with van der Waals surface area (Å²) in [5, 5.41) is 17.5. The molecule has 0 unspecified atom stereocenters. The van der Waals surface area contributed by atoms with Crippen LogP contribution in [0.3, 0.4) is 0 Å². The van der Waals surface area contributed by atoms with Crippen molar-refractivity contribution in [3.05, 3.63) is 27.9 Å². The van der Waals surface area contributed by atoms with Crippen LogP contribution in [-0.4, -0.2) is 29.5 Å². The molecule has 6 heteroatoms. The average Bonchev–Trinajstić information content (AvgIpc) is 2.38. The van der Waals surface area contributed by atoms with Gasteiger partial charge >= 0.3 is 5.69 Å². The second-order valence-corrected chi connectivity index (χ2v) is 5.55. The minimum absolute atomic E-state index is 0.0533. The number of hydrogen-bond donors (Lipinski definition) is 2. The van der Waals surface area contributed by atoms with E-state index in [1.54, 1.807) is 19.2 Å². The predicted octanol–water partition coefficient (Wildman–Crippen LogP) is 2.10. The standard InChI is InChI=1S/C13H20N4O2/c1-10-7-11(17(18)19)12(15-8-10)16-9-13(2)3-5-14-6-4-13/h7-8,14H,3-6,9H2,1-2H3,(H,15,16). The first-order valence-electron chi connectivity index (χ1n) is 6.56. The molecule has 2 rings (SSSR count). The molecule has 1 aromatic rings. The fourth-order valence-corrected chi connectivity index (χ4v) is 2.33. The molecule has 1 fully saturated rings. The van der Waals surface area contributed by atoms with Gasteiger partial charge in [-0.15, -0.1) is 0 Å². The summed E-state index contributed by atoms with van der Waals surface area (Å²) in [6.45, 7) is 6.73. The second-order valence-electron chi connectivity index (χ2n) is 5.55. The van der Waals surface area contributed by atoms with Gasteiger partial charge in [0.2, 0.25) is 5.82 Å². The summed E-state index contributed by atoms with van der Waals surface area (Å²) < 4.78 is 0. The Morgan fingerprint density at radius 2 is 2.21 bits per heavy atom. The van der Waals surface area contributed by atoms with Crippen molar-refractivity contribution in [3.8, 4) is 0 Å². The lowest BCUT2D eigenvalue weighted by Crippen LogP contribution is -2.39. The Hall–Kier alpha value is -1.69. The maximum absolute atomic E-state index is 11.0. The third-order valence-corrected chi connectivity index (χ3v) is 3.69. The Labute approximate surface area is 112 Å².